The second-order valence-electron chi connectivity index (χ2n) is 9.93. The van der Waals surface area contributed by atoms with Crippen LogP contribution in [0.4, 0.5) is 23.8 Å². The van der Waals surface area contributed by atoms with Gasteiger partial charge < -0.3 is 15.1 Å². The molecule has 3 heterocycles. The fourth-order valence-corrected chi connectivity index (χ4v) is 5.56. The molecule has 34 heavy (non-hydrogen) atoms. The number of amides is 2. The highest BCUT2D eigenvalue weighted by atomic mass is 19.4. The smallest absolute Gasteiger partial charge is 0.352 e. The molecule has 1 aliphatic carbocycles. The van der Waals surface area contributed by atoms with Crippen LogP contribution < -0.4 is 10.2 Å². The Labute approximate surface area is 197 Å². The maximum Gasteiger partial charge on any atom is 0.434 e. The van der Waals surface area contributed by atoms with Gasteiger partial charge in [-0.2, -0.15) is 13.2 Å². The van der Waals surface area contributed by atoms with Crippen LogP contribution in [0.15, 0.2) is 42.7 Å². The van der Waals surface area contributed by atoms with Crippen LogP contribution in [0.25, 0.3) is 0 Å². The minimum atomic E-state index is -4.50. The number of piperazine rings is 1. The lowest BCUT2D eigenvalue weighted by Gasteiger charge is -2.59. The lowest BCUT2D eigenvalue weighted by molar-refractivity contribution is -0.141. The number of hydrogen-bond donors (Lipinski definition) is 1. The summed E-state index contributed by atoms with van der Waals surface area (Å²) in [7, 11) is 0. The van der Waals surface area contributed by atoms with Crippen LogP contribution in [0.1, 0.15) is 31.0 Å². The van der Waals surface area contributed by atoms with Crippen molar-refractivity contribution in [3.63, 3.8) is 0 Å². The van der Waals surface area contributed by atoms with E-state index in [2.05, 4.69) is 44.5 Å². The predicted octanol–water partition coefficient (Wildman–Crippen LogP) is 3.38. The van der Waals surface area contributed by atoms with Gasteiger partial charge in [-0.15, -0.1) is 0 Å². The first-order valence-corrected chi connectivity index (χ1v) is 11.7. The Kier molecular flexibility index (Phi) is 5.87. The summed E-state index contributed by atoms with van der Waals surface area (Å²) in [6.45, 7) is 6.56. The predicted molar refractivity (Wildman–Crippen MR) is 121 cm³/mol. The number of anilines is 1. The molecule has 3 aliphatic rings. The number of urea groups is 1. The standard InChI is InChI=1S/C24H29F3N6O/c1-17-13-32(21-12-28-20(11-29-21)24(25,26)27)7-8-33(17)22(34)30-19-9-23(10-19)15-31(16-23)14-18-5-3-2-4-6-18/h2-6,11-12,17,19H,7-10,13-16H2,1H3,(H,30,34)/t17-/m1/s1. The van der Waals surface area contributed by atoms with E-state index in [0.717, 1.165) is 44.9 Å². The van der Waals surface area contributed by atoms with Gasteiger partial charge in [0.15, 0.2) is 5.69 Å². The van der Waals surface area contributed by atoms with Crippen LogP contribution in [0.3, 0.4) is 0 Å². The maximum absolute atomic E-state index is 12.9. The van der Waals surface area contributed by atoms with Crippen molar-refractivity contribution in [2.45, 2.75) is 44.6 Å². The van der Waals surface area contributed by atoms with E-state index in [1.54, 1.807) is 0 Å². The molecular formula is C24H29F3N6O. The van der Waals surface area contributed by atoms with Crippen molar-refractivity contribution < 1.29 is 18.0 Å². The van der Waals surface area contributed by atoms with E-state index in [0.29, 0.717) is 30.9 Å². The lowest BCUT2D eigenvalue weighted by Crippen LogP contribution is -2.67. The third kappa shape index (κ3) is 4.68. The van der Waals surface area contributed by atoms with Crippen molar-refractivity contribution in [2.24, 2.45) is 5.41 Å². The number of rotatable bonds is 4. The van der Waals surface area contributed by atoms with Gasteiger partial charge in [0, 0.05) is 51.4 Å². The molecule has 2 amide bonds. The van der Waals surface area contributed by atoms with Crippen LogP contribution in [-0.4, -0.2) is 70.6 Å². The number of carbonyl (C=O) groups is 1. The third-order valence-electron chi connectivity index (χ3n) is 7.19. The lowest BCUT2D eigenvalue weighted by atomic mass is 9.60. The van der Waals surface area contributed by atoms with Crippen LogP contribution in [0, 0.1) is 5.41 Å². The van der Waals surface area contributed by atoms with E-state index in [1.807, 2.05) is 22.8 Å². The topological polar surface area (TPSA) is 64.6 Å². The molecule has 2 saturated heterocycles. The van der Waals surface area contributed by atoms with Crippen LogP contribution >= 0.6 is 0 Å². The third-order valence-corrected chi connectivity index (χ3v) is 7.19. The first kappa shape index (κ1) is 22.9. The fraction of sp³-hybridized carbons (Fsp3) is 0.542. The second kappa shape index (κ2) is 8.72. The molecular weight excluding hydrogens is 445 g/mol. The van der Waals surface area contributed by atoms with Gasteiger partial charge in [-0.3, -0.25) is 4.90 Å². The summed E-state index contributed by atoms with van der Waals surface area (Å²) >= 11 is 0. The molecule has 7 nitrogen and oxygen atoms in total. The number of alkyl halides is 3. The Morgan fingerprint density at radius 2 is 1.85 bits per heavy atom. The zero-order valence-electron chi connectivity index (χ0n) is 19.1. The second-order valence-corrected chi connectivity index (χ2v) is 9.93. The van der Waals surface area contributed by atoms with Crippen molar-refractivity contribution in [1.29, 1.82) is 0 Å². The van der Waals surface area contributed by atoms with E-state index in [1.165, 1.54) is 5.56 Å². The van der Waals surface area contributed by atoms with Crippen molar-refractivity contribution in [2.75, 3.05) is 37.6 Å². The van der Waals surface area contributed by atoms with Gasteiger partial charge in [0.2, 0.25) is 0 Å². The highest BCUT2D eigenvalue weighted by molar-refractivity contribution is 5.75. The number of hydrogen-bond acceptors (Lipinski definition) is 5. The summed E-state index contributed by atoms with van der Waals surface area (Å²) in [5.41, 5.74) is 0.672. The Hall–Kier alpha value is -2.88. The molecule has 1 saturated carbocycles. The Morgan fingerprint density at radius 3 is 2.47 bits per heavy atom. The number of halogens is 3. The van der Waals surface area contributed by atoms with Crippen LogP contribution in [0.2, 0.25) is 0 Å². The molecule has 5 rings (SSSR count). The summed E-state index contributed by atoms with van der Waals surface area (Å²) in [5, 5.41) is 3.18. The minimum Gasteiger partial charge on any atom is -0.352 e. The number of benzene rings is 1. The van der Waals surface area contributed by atoms with E-state index in [-0.39, 0.29) is 18.1 Å². The summed E-state index contributed by atoms with van der Waals surface area (Å²) in [4.78, 5) is 26.4. The molecule has 1 spiro atoms. The zero-order valence-corrected chi connectivity index (χ0v) is 19.1. The van der Waals surface area contributed by atoms with Gasteiger partial charge in [0.1, 0.15) is 5.82 Å². The number of carbonyl (C=O) groups excluding carboxylic acids is 1. The van der Waals surface area contributed by atoms with Crippen molar-refractivity contribution in [3.8, 4) is 0 Å². The first-order chi connectivity index (χ1) is 16.2. The van der Waals surface area contributed by atoms with Crippen molar-refractivity contribution >= 4 is 11.8 Å². The van der Waals surface area contributed by atoms with E-state index >= 15 is 0 Å². The summed E-state index contributed by atoms with van der Waals surface area (Å²) in [6, 6.07) is 10.5. The fourth-order valence-electron chi connectivity index (χ4n) is 5.56. The average molecular weight is 475 g/mol. The van der Waals surface area contributed by atoms with Gasteiger partial charge in [-0.25, -0.2) is 14.8 Å². The SMILES string of the molecule is C[C@@H]1CN(c2cnc(C(F)(F)F)cn2)CCN1C(=O)NC1CC2(C1)CN(Cc1ccccc1)C2. The molecule has 2 aliphatic heterocycles. The normalized spacial score (nSPS) is 22.9. The Bertz CT molecular complexity index is 1000. The molecule has 1 N–H and O–H groups in total. The van der Waals surface area contributed by atoms with Crippen molar-refractivity contribution in [1.82, 2.24) is 25.1 Å². The molecule has 0 bridgehead atoms. The summed E-state index contributed by atoms with van der Waals surface area (Å²) in [5.74, 6) is 0.394. The Balaban J connectivity index is 1.06. The highest BCUT2D eigenvalue weighted by Gasteiger charge is 2.52. The van der Waals surface area contributed by atoms with E-state index in [4.69, 9.17) is 0 Å². The molecule has 182 valence electrons. The molecule has 0 radical (unpaired) electrons. The zero-order chi connectivity index (χ0) is 23.9. The van der Waals surface area contributed by atoms with E-state index < -0.39 is 11.9 Å². The molecule has 0 unspecified atom stereocenters. The number of aromatic nitrogens is 2. The summed E-state index contributed by atoms with van der Waals surface area (Å²) < 4.78 is 38.1. The first-order valence-electron chi connectivity index (χ1n) is 11.7. The van der Waals surface area contributed by atoms with Gasteiger partial charge in [-0.05, 0) is 30.7 Å². The van der Waals surface area contributed by atoms with Gasteiger partial charge >= 0.3 is 12.2 Å². The van der Waals surface area contributed by atoms with Gasteiger partial charge in [0.25, 0.3) is 0 Å². The highest BCUT2D eigenvalue weighted by Crippen LogP contribution is 2.48. The molecule has 10 heteroatoms. The van der Waals surface area contributed by atoms with Crippen molar-refractivity contribution in [3.05, 3.63) is 54.0 Å². The number of likely N-dealkylation sites (tertiary alicyclic amines) is 1. The van der Waals surface area contributed by atoms with Crippen LogP contribution in [0.5, 0.6) is 0 Å². The molecule has 1 aromatic heterocycles. The number of nitrogens with zero attached hydrogens (tertiary/aromatic N) is 5. The minimum absolute atomic E-state index is 0.0639. The monoisotopic (exact) mass is 474 g/mol. The average Bonchev–Trinajstić information content (AvgIpc) is 2.76. The van der Waals surface area contributed by atoms with Gasteiger partial charge in [-0.1, -0.05) is 30.3 Å². The number of nitrogens with one attached hydrogen (secondary N) is 1. The van der Waals surface area contributed by atoms with E-state index in [9.17, 15) is 18.0 Å². The maximum atomic E-state index is 12.9. The Morgan fingerprint density at radius 1 is 1.12 bits per heavy atom. The van der Waals surface area contributed by atoms with Crippen LogP contribution in [-0.2, 0) is 12.7 Å². The van der Waals surface area contributed by atoms with Gasteiger partial charge in [0.05, 0.1) is 12.4 Å². The molecule has 3 fully saturated rings. The quantitative estimate of drug-likeness (QED) is 0.736. The molecule has 1 atom stereocenters. The molecule has 2 aromatic rings. The summed E-state index contributed by atoms with van der Waals surface area (Å²) in [6.07, 6.45) is -0.569. The largest absolute Gasteiger partial charge is 0.434 e. The molecule has 1 aromatic carbocycles.